The van der Waals surface area contributed by atoms with Gasteiger partial charge in [-0.3, -0.25) is 20.5 Å². The highest BCUT2D eigenvalue weighted by Gasteiger charge is 2.50. The lowest BCUT2D eigenvalue weighted by molar-refractivity contribution is 0.00611. The van der Waals surface area contributed by atoms with Crippen molar-refractivity contribution in [1.82, 2.24) is 15.8 Å². The van der Waals surface area contributed by atoms with Crippen LogP contribution in [0.4, 0.5) is 10.5 Å². The highest BCUT2D eigenvalue weighted by molar-refractivity contribution is 5.95. The van der Waals surface area contributed by atoms with Crippen LogP contribution in [0.25, 0.3) is 0 Å². The van der Waals surface area contributed by atoms with E-state index in [0.29, 0.717) is 37.8 Å². The molecule has 0 aliphatic carbocycles. The van der Waals surface area contributed by atoms with Gasteiger partial charge in [-0.25, -0.2) is 4.79 Å². The summed E-state index contributed by atoms with van der Waals surface area (Å²) in [7, 11) is 0. The molecule has 2 aromatic carbocycles. The normalized spacial score (nSPS) is 20.9. The molecule has 3 heterocycles. The number of ether oxygens (including phenoxy) is 1. The smallest absolute Gasteiger partial charge is 0.325 e. The molecule has 8 heteroatoms. The van der Waals surface area contributed by atoms with Crippen LogP contribution in [0, 0.1) is 0 Å². The molecule has 2 aromatic rings. The van der Waals surface area contributed by atoms with Gasteiger partial charge in [0.15, 0.2) is 0 Å². The Morgan fingerprint density at radius 3 is 2.50 bits per heavy atom. The largest absolute Gasteiger partial charge is 0.381 e. The van der Waals surface area contributed by atoms with Crippen LogP contribution >= 0.6 is 0 Å². The Morgan fingerprint density at radius 2 is 1.81 bits per heavy atom. The molecule has 0 aromatic heterocycles. The third kappa shape index (κ3) is 3.85. The summed E-state index contributed by atoms with van der Waals surface area (Å²) in [4.78, 5) is 29.1. The van der Waals surface area contributed by atoms with Gasteiger partial charge in [-0.15, -0.1) is 0 Å². The maximum Gasteiger partial charge on any atom is 0.325 e. The van der Waals surface area contributed by atoms with Crippen molar-refractivity contribution >= 4 is 17.6 Å². The fraction of sp³-hybridized carbons (Fsp3) is 0.417. The number of rotatable bonds is 5. The summed E-state index contributed by atoms with van der Waals surface area (Å²) in [6.07, 6.45) is 1.59. The zero-order valence-corrected chi connectivity index (χ0v) is 18.0. The molecule has 168 valence electrons. The minimum Gasteiger partial charge on any atom is -0.381 e. The van der Waals surface area contributed by atoms with E-state index in [9.17, 15) is 9.59 Å². The van der Waals surface area contributed by atoms with Gasteiger partial charge >= 0.3 is 6.03 Å². The molecule has 0 radical (unpaired) electrons. The standard InChI is InChI=1S/C24H29N5O3/c25-22(30)19-3-1-2-17(12-19)15-29-23(31)28(16-24(29)8-10-32-11-9-24)21-6-4-18(5-7-21)20-13-26-27-14-20/h1-7,12,20,26-27H,8-11,13-16H2,(H2,25,30). The van der Waals surface area contributed by atoms with E-state index < -0.39 is 5.91 Å². The Balaban J connectivity index is 1.41. The Hall–Kier alpha value is -2.94. The zero-order valence-electron chi connectivity index (χ0n) is 18.0. The molecule has 0 unspecified atom stereocenters. The molecule has 0 bridgehead atoms. The van der Waals surface area contributed by atoms with E-state index in [2.05, 4.69) is 35.1 Å². The first-order valence-corrected chi connectivity index (χ1v) is 11.2. The Morgan fingerprint density at radius 1 is 1.09 bits per heavy atom. The van der Waals surface area contributed by atoms with Crippen molar-refractivity contribution in [3.63, 3.8) is 0 Å². The lowest BCUT2D eigenvalue weighted by atomic mass is 9.88. The highest BCUT2D eigenvalue weighted by atomic mass is 16.5. The van der Waals surface area contributed by atoms with Crippen molar-refractivity contribution in [2.24, 2.45) is 5.73 Å². The lowest BCUT2D eigenvalue weighted by Gasteiger charge is -2.40. The summed E-state index contributed by atoms with van der Waals surface area (Å²) in [5.41, 5.74) is 15.0. The van der Waals surface area contributed by atoms with E-state index in [4.69, 9.17) is 10.5 Å². The van der Waals surface area contributed by atoms with Crippen LogP contribution in [-0.2, 0) is 11.3 Å². The number of nitrogens with one attached hydrogen (secondary N) is 2. The van der Waals surface area contributed by atoms with E-state index in [0.717, 1.165) is 37.2 Å². The van der Waals surface area contributed by atoms with E-state index in [-0.39, 0.29) is 11.6 Å². The van der Waals surface area contributed by atoms with E-state index in [1.54, 1.807) is 12.1 Å². The number of benzene rings is 2. The van der Waals surface area contributed by atoms with Gasteiger partial charge in [0.25, 0.3) is 0 Å². The van der Waals surface area contributed by atoms with Crippen molar-refractivity contribution < 1.29 is 14.3 Å². The minimum atomic E-state index is -0.463. The molecule has 3 amide bonds. The molecule has 3 fully saturated rings. The zero-order chi connectivity index (χ0) is 22.1. The summed E-state index contributed by atoms with van der Waals surface area (Å²) < 4.78 is 5.62. The molecule has 3 saturated heterocycles. The lowest BCUT2D eigenvalue weighted by Crippen LogP contribution is -2.50. The molecule has 0 saturated carbocycles. The number of nitrogens with two attached hydrogens (primary N) is 1. The van der Waals surface area contributed by atoms with Crippen LogP contribution in [0.3, 0.4) is 0 Å². The Labute approximate surface area is 187 Å². The number of urea groups is 1. The fourth-order valence-electron chi connectivity index (χ4n) is 5.04. The number of primary amides is 1. The van der Waals surface area contributed by atoms with Gasteiger partial charge in [0.05, 0.1) is 12.1 Å². The van der Waals surface area contributed by atoms with Crippen LogP contribution < -0.4 is 21.5 Å². The predicted molar refractivity (Wildman–Crippen MR) is 121 cm³/mol. The van der Waals surface area contributed by atoms with Crippen LogP contribution in [-0.4, -0.2) is 55.2 Å². The summed E-state index contributed by atoms with van der Waals surface area (Å²) in [6, 6.07) is 15.6. The highest BCUT2D eigenvalue weighted by Crippen LogP contribution is 2.39. The molecule has 3 aliphatic heterocycles. The molecule has 32 heavy (non-hydrogen) atoms. The molecular weight excluding hydrogens is 406 g/mol. The van der Waals surface area contributed by atoms with E-state index >= 15 is 0 Å². The third-order valence-electron chi connectivity index (χ3n) is 6.96. The summed E-state index contributed by atoms with van der Waals surface area (Å²) >= 11 is 0. The molecule has 4 N–H and O–H groups in total. The second-order valence-corrected chi connectivity index (χ2v) is 8.91. The molecule has 8 nitrogen and oxygen atoms in total. The number of amides is 3. The maximum absolute atomic E-state index is 13.6. The average Bonchev–Trinajstić information content (AvgIpc) is 3.44. The molecule has 1 spiro atoms. The quantitative estimate of drug-likeness (QED) is 0.667. The molecule has 5 rings (SSSR count). The average molecular weight is 436 g/mol. The minimum absolute atomic E-state index is 0.00618. The van der Waals surface area contributed by atoms with Crippen molar-refractivity contribution in [2.75, 3.05) is 37.7 Å². The second kappa shape index (κ2) is 8.54. The third-order valence-corrected chi connectivity index (χ3v) is 6.96. The summed E-state index contributed by atoms with van der Waals surface area (Å²) in [5, 5.41) is 0. The van der Waals surface area contributed by atoms with Crippen molar-refractivity contribution in [1.29, 1.82) is 0 Å². The van der Waals surface area contributed by atoms with Crippen LogP contribution in [0.1, 0.15) is 40.2 Å². The van der Waals surface area contributed by atoms with E-state index in [1.807, 2.05) is 21.9 Å². The first kappa shape index (κ1) is 20.9. The number of hydrazine groups is 1. The first-order chi connectivity index (χ1) is 15.6. The topological polar surface area (TPSA) is 99.9 Å². The van der Waals surface area contributed by atoms with Crippen molar-refractivity contribution in [3.8, 4) is 0 Å². The van der Waals surface area contributed by atoms with Gasteiger partial charge in [0.1, 0.15) is 0 Å². The fourth-order valence-corrected chi connectivity index (χ4v) is 5.04. The number of hydrogen-bond acceptors (Lipinski definition) is 5. The summed E-state index contributed by atoms with van der Waals surface area (Å²) in [6.45, 7) is 4.16. The van der Waals surface area contributed by atoms with Crippen LogP contribution in [0.5, 0.6) is 0 Å². The summed E-state index contributed by atoms with van der Waals surface area (Å²) in [5.74, 6) is -0.0241. The van der Waals surface area contributed by atoms with Crippen LogP contribution in [0.15, 0.2) is 48.5 Å². The van der Waals surface area contributed by atoms with Gasteiger partial charge in [-0.1, -0.05) is 24.3 Å². The SMILES string of the molecule is NC(=O)c1cccc(CN2C(=O)N(c3ccc(C4CNNC4)cc3)CC23CCOCC3)c1. The van der Waals surface area contributed by atoms with E-state index in [1.165, 1.54) is 5.56 Å². The molecular formula is C24H29N5O3. The van der Waals surface area contributed by atoms with Gasteiger partial charge in [-0.2, -0.15) is 0 Å². The number of carbonyl (C=O) groups is 2. The molecule has 3 aliphatic rings. The Bertz CT molecular complexity index is 997. The maximum atomic E-state index is 13.6. The van der Waals surface area contributed by atoms with Crippen molar-refractivity contribution in [3.05, 3.63) is 65.2 Å². The number of hydrogen-bond donors (Lipinski definition) is 3. The van der Waals surface area contributed by atoms with Gasteiger partial charge in [-0.05, 0) is 48.2 Å². The van der Waals surface area contributed by atoms with Gasteiger partial charge in [0, 0.05) is 50.0 Å². The van der Waals surface area contributed by atoms with Crippen LogP contribution in [0.2, 0.25) is 0 Å². The Kier molecular flexibility index (Phi) is 5.58. The number of nitrogens with zero attached hydrogens (tertiary/aromatic N) is 2. The number of anilines is 1. The van der Waals surface area contributed by atoms with Crippen molar-refractivity contribution in [2.45, 2.75) is 30.8 Å². The second-order valence-electron chi connectivity index (χ2n) is 8.91. The van der Waals surface area contributed by atoms with Gasteiger partial charge < -0.3 is 15.4 Å². The van der Waals surface area contributed by atoms with Gasteiger partial charge in [0.2, 0.25) is 5.91 Å². The monoisotopic (exact) mass is 435 g/mol. The predicted octanol–water partition coefficient (Wildman–Crippen LogP) is 1.97. The first-order valence-electron chi connectivity index (χ1n) is 11.2. The molecule has 0 atom stereocenters. The number of carbonyl (C=O) groups excluding carboxylic acids is 2.